The quantitative estimate of drug-likeness (QED) is 0.481. The first-order valence-electron chi connectivity index (χ1n) is 12.3. The predicted octanol–water partition coefficient (Wildman–Crippen LogP) is 4.76. The summed E-state index contributed by atoms with van der Waals surface area (Å²) in [6.07, 6.45) is 5.64. The number of carbonyl (C=O) groups excluding carboxylic acids is 2. The molecule has 0 aromatic heterocycles. The number of rotatable bonds is 2. The summed E-state index contributed by atoms with van der Waals surface area (Å²) in [6.45, 7) is 10.4. The Morgan fingerprint density at radius 1 is 1.00 bits per heavy atom. The van der Waals surface area contributed by atoms with Crippen LogP contribution in [0.25, 0.3) is 0 Å². The maximum absolute atomic E-state index is 13.2. The van der Waals surface area contributed by atoms with E-state index in [1.807, 2.05) is 20.8 Å². The molecule has 3 unspecified atom stereocenters. The summed E-state index contributed by atoms with van der Waals surface area (Å²) in [5.41, 5.74) is -0.740. The summed E-state index contributed by atoms with van der Waals surface area (Å²) < 4.78 is 23.4. The van der Waals surface area contributed by atoms with E-state index in [1.165, 1.54) is 0 Å². The number of fused-ring (bicyclic) bond motifs is 5. The molecule has 8 atom stereocenters. The number of hydrogen-bond donors (Lipinski definition) is 2. The monoisotopic (exact) mass is 554 g/mol. The predicted molar refractivity (Wildman–Crippen MR) is 135 cm³/mol. The van der Waals surface area contributed by atoms with E-state index in [1.54, 1.807) is 0 Å². The van der Waals surface area contributed by atoms with Crippen molar-refractivity contribution in [3.8, 4) is 0 Å². The Morgan fingerprint density at radius 3 is 2.21 bits per heavy atom. The van der Waals surface area contributed by atoms with Gasteiger partial charge < -0.3 is 10.6 Å². The molecular formula is C24H37Cl3N2O4S. The number of alkyl halides is 3. The van der Waals surface area contributed by atoms with E-state index in [4.69, 9.17) is 34.8 Å². The molecule has 6 nitrogen and oxygen atoms in total. The average Bonchev–Trinajstić information content (AvgIpc) is 3.03. The van der Waals surface area contributed by atoms with Gasteiger partial charge in [-0.2, -0.15) is 0 Å². The molecule has 194 valence electrons. The van der Waals surface area contributed by atoms with E-state index >= 15 is 0 Å². The van der Waals surface area contributed by atoms with Crippen molar-refractivity contribution < 1.29 is 18.0 Å². The SMILES string of the molecule is CC(C)(C)NC(=O)C1CC[C@H]2[C@@H]3CCC4NC(=O)C(S(=O)(=O)C(Cl)(Cl)Cl)C[C@]4(C)[C@@H]3CC[C@]12C. The van der Waals surface area contributed by atoms with Crippen LogP contribution in [0.3, 0.4) is 0 Å². The van der Waals surface area contributed by atoms with E-state index in [2.05, 4.69) is 24.5 Å². The Hall–Kier alpha value is -0.240. The van der Waals surface area contributed by atoms with Crippen molar-refractivity contribution in [2.45, 2.75) is 99.5 Å². The number of piperidine rings is 1. The third kappa shape index (κ3) is 4.18. The number of halogens is 3. The molecule has 0 spiro atoms. The molecule has 1 aliphatic heterocycles. The number of amides is 2. The molecule has 10 heteroatoms. The van der Waals surface area contributed by atoms with Crippen LogP contribution in [-0.4, -0.2) is 40.2 Å². The first-order chi connectivity index (χ1) is 15.4. The van der Waals surface area contributed by atoms with Gasteiger partial charge in [0, 0.05) is 17.5 Å². The normalized spacial score (nSPS) is 42.8. The largest absolute Gasteiger partial charge is 0.352 e. The Labute approximate surface area is 218 Å². The lowest BCUT2D eigenvalue weighted by atomic mass is 9.47. The van der Waals surface area contributed by atoms with Gasteiger partial charge in [-0.25, -0.2) is 8.42 Å². The van der Waals surface area contributed by atoms with Crippen LogP contribution in [0.5, 0.6) is 0 Å². The number of carbonyl (C=O) groups is 2. The lowest BCUT2D eigenvalue weighted by Crippen LogP contribution is -2.66. The van der Waals surface area contributed by atoms with Gasteiger partial charge in [0.15, 0.2) is 0 Å². The Morgan fingerprint density at radius 2 is 1.62 bits per heavy atom. The molecule has 1 saturated heterocycles. The summed E-state index contributed by atoms with van der Waals surface area (Å²) in [5, 5.41) is 4.81. The zero-order chi connectivity index (χ0) is 25.5. The molecule has 4 aliphatic rings. The Bertz CT molecular complexity index is 976. The van der Waals surface area contributed by atoms with E-state index < -0.39 is 29.5 Å². The first-order valence-corrected chi connectivity index (χ1v) is 15.0. The van der Waals surface area contributed by atoms with Crippen LogP contribution < -0.4 is 10.6 Å². The van der Waals surface area contributed by atoms with Crippen molar-refractivity contribution in [2.75, 3.05) is 0 Å². The molecule has 0 bridgehead atoms. The highest BCUT2D eigenvalue weighted by atomic mass is 35.6. The average molecular weight is 556 g/mol. The van der Waals surface area contributed by atoms with Crippen LogP contribution in [-0.2, 0) is 19.4 Å². The molecule has 2 amide bonds. The van der Waals surface area contributed by atoms with Crippen LogP contribution in [0, 0.1) is 34.5 Å². The molecule has 34 heavy (non-hydrogen) atoms. The van der Waals surface area contributed by atoms with Crippen molar-refractivity contribution in [1.82, 2.24) is 10.6 Å². The molecule has 2 N–H and O–H groups in total. The van der Waals surface area contributed by atoms with E-state index in [0.717, 1.165) is 38.5 Å². The summed E-state index contributed by atoms with van der Waals surface area (Å²) >= 11 is 17.4. The highest BCUT2D eigenvalue weighted by Crippen LogP contribution is 2.66. The third-order valence-electron chi connectivity index (χ3n) is 9.61. The van der Waals surface area contributed by atoms with Crippen molar-refractivity contribution >= 4 is 56.5 Å². The van der Waals surface area contributed by atoms with Gasteiger partial charge in [-0.3, -0.25) is 9.59 Å². The molecule has 0 aromatic carbocycles. The van der Waals surface area contributed by atoms with Gasteiger partial charge in [-0.15, -0.1) is 0 Å². The minimum atomic E-state index is -4.31. The lowest BCUT2D eigenvalue weighted by molar-refractivity contribution is -0.141. The van der Waals surface area contributed by atoms with E-state index in [-0.39, 0.29) is 41.2 Å². The topological polar surface area (TPSA) is 92.3 Å². The molecular weight excluding hydrogens is 519 g/mol. The fourth-order valence-electron chi connectivity index (χ4n) is 8.04. The van der Waals surface area contributed by atoms with Crippen molar-refractivity contribution in [3.05, 3.63) is 0 Å². The minimum absolute atomic E-state index is 0.00764. The van der Waals surface area contributed by atoms with Crippen LogP contribution in [0.1, 0.15) is 79.6 Å². The number of sulfone groups is 1. The number of hydrogen-bond acceptors (Lipinski definition) is 4. The van der Waals surface area contributed by atoms with Gasteiger partial charge >= 0.3 is 0 Å². The molecule has 1 heterocycles. The highest BCUT2D eigenvalue weighted by Gasteiger charge is 2.64. The second-order valence-corrected chi connectivity index (χ2v) is 17.8. The van der Waals surface area contributed by atoms with Crippen LogP contribution >= 0.6 is 34.8 Å². The lowest BCUT2D eigenvalue weighted by Gasteiger charge is -2.60. The zero-order valence-electron chi connectivity index (χ0n) is 20.6. The third-order valence-corrected chi connectivity index (χ3v) is 13.3. The molecule has 0 aromatic rings. The van der Waals surface area contributed by atoms with Crippen LogP contribution in [0.15, 0.2) is 0 Å². The smallest absolute Gasteiger partial charge is 0.293 e. The Kier molecular flexibility index (Phi) is 6.62. The summed E-state index contributed by atoms with van der Waals surface area (Å²) in [6, 6.07) is -0.0891. The highest BCUT2D eigenvalue weighted by molar-refractivity contribution is 7.98. The second kappa shape index (κ2) is 8.39. The molecule has 4 rings (SSSR count). The van der Waals surface area contributed by atoms with Crippen LogP contribution in [0.2, 0.25) is 0 Å². The summed E-state index contributed by atoms with van der Waals surface area (Å²) in [7, 11) is -4.31. The summed E-state index contributed by atoms with van der Waals surface area (Å²) in [4.78, 5) is 26.0. The van der Waals surface area contributed by atoms with Gasteiger partial charge in [0.1, 0.15) is 5.25 Å². The molecule has 0 radical (unpaired) electrons. The summed E-state index contributed by atoms with van der Waals surface area (Å²) in [5.74, 6) is 0.621. The van der Waals surface area contributed by atoms with Crippen LogP contribution in [0.4, 0.5) is 0 Å². The number of nitrogens with one attached hydrogen (secondary N) is 2. The fourth-order valence-corrected chi connectivity index (χ4v) is 10.3. The maximum atomic E-state index is 13.2. The van der Waals surface area contributed by atoms with Gasteiger partial charge in [-0.1, -0.05) is 48.7 Å². The standard InChI is InChI=1S/C24H37Cl3N2O4S/c1-21(2,3)29-19(30)16-8-7-14-13-6-9-18-23(5,15(13)10-11-22(14,16)4)12-17(20(31)28-18)34(32,33)24(25,26)27/h13-18H,6-12H2,1-5H3,(H,28,31)(H,29,30)/t13-,14-,15+,16?,17?,18?,22-,23+/m0/s1. The first kappa shape index (κ1) is 26.8. The van der Waals surface area contributed by atoms with E-state index in [0.29, 0.717) is 11.8 Å². The van der Waals surface area contributed by atoms with Gasteiger partial charge in [0.2, 0.25) is 21.7 Å². The Balaban J connectivity index is 1.61. The van der Waals surface area contributed by atoms with Crippen molar-refractivity contribution in [2.24, 2.45) is 34.5 Å². The van der Waals surface area contributed by atoms with Gasteiger partial charge in [0.25, 0.3) is 3.12 Å². The second-order valence-electron chi connectivity index (χ2n) is 12.6. The molecule has 3 saturated carbocycles. The minimum Gasteiger partial charge on any atom is -0.352 e. The molecule has 4 fully saturated rings. The van der Waals surface area contributed by atoms with Crippen molar-refractivity contribution in [3.63, 3.8) is 0 Å². The molecule has 3 aliphatic carbocycles. The fraction of sp³-hybridized carbons (Fsp3) is 0.917. The van der Waals surface area contributed by atoms with E-state index in [9.17, 15) is 18.0 Å². The van der Waals surface area contributed by atoms with Crippen molar-refractivity contribution in [1.29, 1.82) is 0 Å². The van der Waals surface area contributed by atoms with Gasteiger partial charge in [-0.05, 0) is 94.3 Å². The zero-order valence-corrected chi connectivity index (χ0v) is 23.7. The van der Waals surface area contributed by atoms with Gasteiger partial charge in [0.05, 0.1) is 0 Å². The maximum Gasteiger partial charge on any atom is 0.293 e.